The smallest absolute Gasteiger partial charge is 0.254 e. The van der Waals surface area contributed by atoms with E-state index in [0.29, 0.717) is 16.6 Å². The van der Waals surface area contributed by atoms with Crippen LogP contribution in [0.2, 0.25) is 5.02 Å². The second-order valence-electron chi connectivity index (χ2n) is 5.16. The molecule has 1 aliphatic rings. The van der Waals surface area contributed by atoms with Gasteiger partial charge in [-0.15, -0.1) is 0 Å². The van der Waals surface area contributed by atoms with Crippen LogP contribution < -0.4 is 5.32 Å². The van der Waals surface area contributed by atoms with Gasteiger partial charge in [0.05, 0.1) is 0 Å². The largest absolute Gasteiger partial charge is 0.334 e. The van der Waals surface area contributed by atoms with Crippen molar-refractivity contribution in [3.8, 4) is 0 Å². The second kappa shape index (κ2) is 6.40. The Morgan fingerprint density at radius 1 is 1.47 bits per heavy atom. The van der Waals surface area contributed by atoms with Crippen molar-refractivity contribution in [3.63, 3.8) is 0 Å². The van der Waals surface area contributed by atoms with Crippen LogP contribution in [0, 0.1) is 6.92 Å². The molecule has 0 saturated carbocycles. The van der Waals surface area contributed by atoms with Gasteiger partial charge in [0.2, 0.25) is 0 Å². The van der Waals surface area contributed by atoms with Gasteiger partial charge < -0.3 is 10.2 Å². The number of rotatable bonds is 4. The lowest BCUT2D eigenvalue weighted by Crippen LogP contribution is -2.42. The predicted octanol–water partition coefficient (Wildman–Crippen LogP) is 2.86. The van der Waals surface area contributed by atoms with E-state index in [1.807, 2.05) is 24.0 Å². The molecule has 1 saturated heterocycles. The fraction of sp³-hybridized carbons (Fsp3) is 0.533. The normalized spacial score (nSPS) is 18.6. The molecule has 0 bridgehead atoms. The number of halogens is 1. The molecule has 19 heavy (non-hydrogen) atoms. The van der Waals surface area contributed by atoms with Gasteiger partial charge in [-0.1, -0.05) is 18.5 Å². The number of amides is 1. The van der Waals surface area contributed by atoms with Crippen LogP contribution in [0.5, 0.6) is 0 Å². The number of benzene rings is 1. The Balaban J connectivity index is 2.22. The Labute approximate surface area is 119 Å². The van der Waals surface area contributed by atoms with Gasteiger partial charge in [0.15, 0.2) is 0 Å². The fourth-order valence-corrected chi connectivity index (χ4v) is 2.91. The number of nitrogens with one attached hydrogen (secondary N) is 1. The molecule has 0 radical (unpaired) electrons. The Hall–Kier alpha value is -1.06. The maximum absolute atomic E-state index is 12.7. The van der Waals surface area contributed by atoms with Crippen molar-refractivity contribution in [2.24, 2.45) is 0 Å². The Kier molecular flexibility index (Phi) is 4.83. The van der Waals surface area contributed by atoms with E-state index in [1.165, 1.54) is 0 Å². The highest BCUT2D eigenvalue weighted by Crippen LogP contribution is 2.19. The summed E-state index contributed by atoms with van der Waals surface area (Å²) in [7, 11) is 0. The molecule has 1 aromatic carbocycles. The molecule has 1 unspecified atom stereocenters. The molecule has 3 nitrogen and oxygen atoms in total. The summed E-state index contributed by atoms with van der Waals surface area (Å²) in [6.07, 6.45) is 2.01. The highest BCUT2D eigenvalue weighted by atomic mass is 35.5. The summed E-state index contributed by atoms with van der Waals surface area (Å²) in [5, 5.41) is 3.95. The van der Waals surface area contributed by atoms with E-state index >= 15 is 0 Å². The minimum atomic E-state index is 0.0983. The maximum atomic E-state index is 12.7. The quantitative estimate of drug-likeness (QED) is 0.920. The van der Waals surface area contributed by atoms with Crippen LogP contribution >= 0.6 is 11.6 Å². The van der Waals surface area contributed by atoms with E-state index in [2.05, 4.69) is 12.2 Å². The van der Waals surface area contributed by atoms with E-state index in [9.17, 15) is 4.79 Å². The molecular formula is C15H21ClN2O. The van der Waals surface area contributed by atoms with E-state index < -0.39 is 0 Å². The number of aryl methyl sites for hydroxylation is 1. The Morgan fingerprint density at radius 2 is 2.26 bits per heavy atom. The number of hydrogen-bond acceptors (Lipinski definition) is 2. The first kappa shape index (κ1) is 14.4. The third kappa shape index (κ3) is 3.48. The van der Waals surface area contributed by atoms with Gasteiger partial charge in [-0.2, -0.15) is 0 Å². The summed E-state index contributed by atoms with van der Waals surface area (Å²) in [4.78, 5) is 14.7. The minimum Gasteiger partial charge on any atom is -0.334 e. The average Bonchev–Trinajstić information content (AvgIpc) is 2.87. The standard InChI is InChI=1S/C15H21ClN2O/c1-3-6-18(14-4-5-17-10-14)15(19)12-7-11(2)8-13(16)9-12/h7-9,14,17H,3-6,10H2,1-2H3. The molecule has 1 aliphatic heterocycles. The summed E-state index contributed by atoms with van der Waals surface area (Å²) in [6, 6.07) is 5.87. The first-order chi connectivity index (χ1) is 9.11. The van der Waals surface area contributed by atoms with Crippen LogP contribution in [0.15, 0.2) is 18.2 Å². The van der Waals surface area contributed by atoms with Gasteiger partial charge in [-0.3, -0.25) is 4.79 Å². The number of hydrogen-bond donors (Lipinski definition) is 1. The van der Waals surface area contributed by atoms with Gasteiger partial charge in [-0.05, 0) is 50.1 Å². The Morgan fingerprint density at radius 3 is 2.84 bits per heavy atom. The molecule has 1 fully saturated rings. The van der Waals surface area contributed by atoms with Crippen LogP contribution in [0.1, 0.15) is 35.7 Å². The van der Waals surface area contributed by atoms with E-state index in [-0.39, 0.29) is 5.91 Å². The third-order valence-electron chi connectivity index (χ3n) is 3.49. The fourth-order valence-electron chi connectivity index (χ4n) is 2.62. The summed E-state index contributed by atoms with van der Waals surface area (Å²) in [6.45, 7) is 6.75. The van der Waals surface area contributed by atoms with Gasteiger partial charge in [0, 0.05) is 29.7 Å². The van der Waals surface area contributed by atoms with Crippen LogP contribution in [0.4, 0.5) is 0 Å². The summed E-state index contributed by atoms with van der Waals surface area (Å²) >= 11 is 6.05. The van der Waals surface area contributed by atoms with Crippen molar-refractivity contribution in [2.75, 3.05) is 19.6 Å². The topological polar surface area (TPSA) is 32.3 Å². The van der Waals surface area contributed by atoms with Gasteiger partial charge >= 0.3 is 0 Å². The molecule has 0 spiro atoms. The molecule has 1 amide bonds. The molecule has 1 heterocycles. The highest BCUT2D eigenvalue weighted by molar-refractivity contribution is 6.31. The average molecular weight is 281 g/mol. The van der Waals surface area contributed by atoms with Crippen molar-refractivity contribution in [1.82, 2.24) is 10.2 Å². The van der Waals surface area contributed by atoms with Crippen LogP contribution in [-0.2, 0) is 0 Å². The van der Waals surface area contributed by atoms with Crippen LogP contribution in [0.25, 0.3) is 0 Å². The summed E-state index contributed by atoms with van der Waals surface area (Å²) in [5.74, 6) is 0.0983. The van der Waals surface area contributed by atoms with Crippen LogP contribution in [0.3, 0.4) is 0 Å². The third-order valence-corrected chi connectivity index (χ3v) is 3.71. The van der Waals surface area contributed by atoms with E-state index in [1.54, 1.807) is 6.07 Å². The van der Waals surface area contributed by atoms with Gasteiger partial charge in [0.1, 0.15) is 0 Å². The number of carbonyl (C=O) groups excluding carboxylic acids is 1. The van der Waals surface area contributed by atoms with Crippen molar-refractivity contribution >= 4 is 17.5 Å². The lowest BCUT2D eigenvalue weighted by Gasteiger charge is -2.28. The zero-order valence-electron chi connectivity index (χ0n) is 11.6. The lowest BCUT2D eigenvalue weighted by molar-refractivity contribution is 0.0692. The summed E-state index contributed by atoms with van der Waals surface area (Å²) < 4.78 is 0. The molecule has 4 heteroatoms. The van der Waals surface area contributed by atoms with Crippen molar-refractivity contribution in [1.29, 1.82) is 0 Å². The second-order valence-corrected chi connectivity index (χ2v) is 5.60. The molecule has 1 aromatic rings. The van der Waals surface area contributed by atoms with Gasteiger partial charge in [-0.25, -0.2) is 0 Å². The molecule has 2 rings (SSSR count). The Bertz CT molecular complexity index is 435. The highest BCUT2D eigenvalue weighted by Gasteiger charge is 2.26. The zero-order valence-corrected chi connectivity index (χ0v) is 12.3. The maximum Gasteiger partial charge on any atom is 0.254 e. The first-order valence-corrected chi connectivity index (χ1v) is 7.28. The molecule has 0 aromatic heterocycles. The first-order valence-electron chi connectivity index (χ1n) is 6.90. The van der Waals surface area contributed by atoms with Crippen LogP contribution in [-0.4, -0.2) is 36.5 Å². The monoisotopic (exact) mass is 280 g/mol. The number of carbonyl (C=O) groups is 1. The summed E-state index contributed by atoms with van der Waals surface area (Å²) in [5.41, 5.74) is 1.72. The zero-order chi connectivity index (χ0) is 13.8. The van der Waals surface area contributed by atoms with Crippen molar-refractivity contribution < 1.29 is 4.79 Å². The molecule has 0 aliphatic carbocycles. The van der Waals surface area contributed by atoms with Crippen molar-refractivity contribution in [3.05, 3.63) is 34.3 Å². The molecule has 1 N–H and O–H groups in total. The van der Waals surface area contributed by atoms with E-state index in [0.717, 1.165) is 38.0 Å². The molecule has 104 valence electrons. The predicted molar refractivity (Wildman–Crippen MR) is 78.8 cm³/mol. The van der Waals surface area contributed by atoms with E-state index in [4.69, 9.17) is 11.6 Å². The number of nitrogens with zero attached hydrogens (tertiary/aromatic N) is 1. The molecule has 1 atom stereocenters. The SMILES string of the molecule is CCCN(C(=O)c1cc(C)cc(Cl)c1)C1CCNC1. The van der Waals surface area contributed by atoms with Gasteiger partial charge in [0.25, 0.3) is 5.91 Å². The lowest BCUT2D eigenvalue weighted by atomic mass is 10.1. The minimum absolute atomic E-state index is 0.0983. The van der Waals surface area contributed by atoms with Crippen molar-refractivity contribution in [2.45, 2.75) is 32.7 Å². The molecular weight excluding hydrogens is 260 g/mol.